The van der Waals surface area contributed by atoms with Crippen molar-refractivity contribution in [1.29, 1.82) is 0 Å². The quantitative estimate of drug-likeness (QED) is 0.632. The van der Waals surface area contributed by atoms with Gasteiger partial charge in [-0.15, -0.1) is 0 Å². The highest BCUT2D eigenvalue weighted by molar-refractivity contribution is 9.10. The normalized spacial score (nSPS) is 10.8. The molecule has 90 valence electrons. The average molecular weight is 302 g/mol. The summed E-state index contributed by atoms with van der Waals surface area (Å²) in [6.07, 6.45) is 5.12. The number of aryl methyl sites for hydroxylation is 1. The maximum absolute atomic E-state index is 11.9. The Morgan fingerprint density at radius 1 is 1.22 bits per heavy atom. The van der Waals surface area contributed by atoms with E-state index in [1.165, 1.54) is 0 Å². The average Bonchev–Trinajstić information content (AvgIpc) is 2.37. The fraction of sp³-hybridized carbons (Fsp3) is 0.0667. The molecule has 0 bridgehead atoms. The van der Waals surface area contributed by atoms with E-state index < -0.39 is 0 Å². The molecule has 0 saturated carbocycles. The van der Waals surface area contributed by atoms with Crippen molar-refractivity contribution < 1.29 is 4.79 Å². The second-order valence-electron chi connectivity index (χ2n) is 3.94. The van der Waals surface area contributed by atoms with Crippen LogP contribution in [0.1, 0.15) is 21.6 Å². The molecule has 1 heterocycles. The molecule has 0 aliphatic carbocycles. The van der Waals surface area contributed by atoms with Gasteiger partial charge in [-0.25, -0.2) is 0 Å². The minimum absolute atomic E-state index is 0.00281. The van der Waals surface area contributed by atoms with E-state index in [9.17, 15) is 4.79 Å². The van der Waals surface area contributed by atoms with Crippen LogP contribution in [0.3, 0.4) is 0 Å². The van der Waals surface area contributed by atoms with E-state index >= 15 is 0 Å². The van der Waals surface area contributed by atoms with Crippen LogP contribution in [0.4, 0.5) is 0 Å². The predicted octanol–water partition coefficient (Wildman–Crippen LogP) is 4.05. The van der Waals surface area contributed by atoms with E-state index in [1.54, 1.807) is 30.5 Å². The van der Waals surface area contributed by atoms with E-state index in [4.69, 9.17) is 0 Å². The number of halogens is 1. The molecule has 1 aromatic heterocycles. The second kappa shape index (κ2) is 5.74. The standard InChI is InChI=1S/C15H12BrNO/c1-11-10-12(8-9-17-11)2-7-15(18)13-3-5-14(16)6-4-13/h2-10H,1H3. The second-order valence-corrected chi connectivity index (χ2v) is 4.85. The number of aromatic nitrogens is 1. The third-order valence-corrected chi connectivity index (χ3v) is 3.01. The summed E-state index contributed by atoms with van der Waals surface area (Å²) in [5, 5.41) is 0. The van der Waals surface area contributed by atoms with Gasteiger partial charge in [-0.2, -0.15) is 0 Å². The number of hydrogen-bond donors (Lipinski definition) is 0. The zero-order chi connectivity index (χ0) is 13.0. The minimum atomic E-state index is -0.00281. The van der Waals surface area contributed by atoms with Gasteiger partial charge in [-0.1, -0.05) is 22.0 Å². The number of carbonyl (C=O) groups is 1. The summed E-state index contributed by atoms with van der Waals surface area (Å²) in [5.41, 5.74) is 2.60. The lowest BCUT2D eigenvalue weighted by Crippen LogP contribution is -1.93. The van der Waals surface area contributed by atoms with Crippen molar-refractivity contribution in [1.82, 2.24) is 4.98 Å². The first-order chi connectivity index (χ1) is 8.65. The fourth-order valence-electron chi connectivity index (χ4n) is 1.55. The van der Waals surface area contributed by atoms with Crippen molar-refractivity contribution in [2.75, 3.05) is 0 Å². The molecule has 0 amide bonds. The van der Waals surface area contributed by atoms with Crippen molar-refractivity contribution >= 4 is 27.8 Å². The van der Waals surface area contributed by atoms with Gasteiger partial charge < -0.3 is 0 Å². The van der Waals surface area contributed by atoms with Crippen LogP contribution in [0.25, 0.3) is 6.08 Å². The number of ketones is 1. The molecule has 0 unspecified atom stereocenters. The summed E-state index contributed by atoms with van der Waals surface area (Å²) in [6, 6.07) is 11.1. The molecule has 2 nitrogen and oxygen atoms in total. The Hall–Kier alpha value is -1.74. The largest absolute Gasteiger partial charge is 0.289 e. The maximum Gasteiger partial charge on any atom is 0.185 e. The summed E-state index contributed by atoms with van der Waals surface area (Å²) in [5.74, 6) is -0.00281. The van der Waals surface area contributed by atoms with Crippen LogP contribution in [-0.4, -0.2) is 10.8 Å². The molecule has 0 N–H and O–H groups in total. The number of hydrogen-bond acceptors (Lipinski definition) is 2. The molecule has 2 rings (SSSR count). The lowest BCUT2D eigenvalue weighted by atomic mass is 10.1. The van der Waals surface area contributed by atoms with E-state index in [-0.39, 0.29) is 5.78 Å². The van der Waals surface area contributed by atoms with Gasteiger partial charge in [-0.3, -0.25) is 9.78 Å². The molecule has 0 saturated heterocycles. The molecule has 0 atom stereocenters. The lowest BCUT2D eigenvalue weighted by Gasteiger charge is -1.97. The molecule has 1 aromatic carbocycles. The number of pyridine rings is 1. The van der Waals surface area contributed by atoms with Crippen LogP contribution in [0, 0.1) is 6.92 Å². The Balaban J connectivity index is 2.14. The van der Waals surface area contributed by atoms with Crippen molar-refractivity contribution in [3.8, 4) is 0 Å². The van der Waals surface area contributed by atoms with Gasteiger partial charge in [0.25, 0.3) is 0 Å². The zero-order valence-corrected chi connectivity index (χ0v) is 11.5. The maximum atomic E-state index is 11.9. The molecule has 18 heavy (non-hydrogen) atoms. The first-order valence-corrected chi connectivity index (χ1v) is 6.35. The van der Waals surface area contributed by atoms with Gasteiger partial charge >= 0.3 is 0 Å². The van der Waals surface area contributed by atoms with Crippen molar-refractivity contribution in [2.45, 2.75) is 6.92 Å². The van der Waals surface area contributed by atoms with Crippen molar-refractivity contribution in [2.24, 2.45) is 0 Å². The van der Waals surface area contributed by atoms with Crippen LogP contribution < -0.4 is 0 Å². The molecule has 0 spiro atoms. The first kappa shape index (κ1) is 12.7. The monoisotopic (exact) mass is 301 g/mol. The van der Waals surface area contributed by atoms with Crippen LogP contribution in [0.15, 0.2) is 53.1 Å². The predicted molar refractivity (Wildman–Crippen MR) is 76.5 cm³/mol. The number of benzene rings is 1. The number of nitrogens with zero attached hydrogens (tertiary/aromatic N) is 1. The van der Waals surface area contributed by atoms with E-state index in [2.05, 4.69) is 20.9 Å². The van der Waals surface area contributed by atoms with Crippen molar-refractivity contribution in [3.63, 3.8) is 0 Å². The van der Waals surface area contributed by atoms with Crippen LogP contribution in [0.2, 0.25) is 0 Å². The minimum Gasteiger partial charge on any atom is -0.289 e. The lowest BCUT2D eigenvalue weighted by molar-refractivity contribution is 0.104. The zero-order valence-electron chi connectivity index (χ0n) is 9.93. The number of carbonyl (C=O) groups excluding carboxylic acids is 1. The Morgan fingerprint density at radius 2 is 1.94 bits per heavy atom. The van der Waals surface area contributed by atoms with Gasteiger partial charge in [0.1, 0.15) is 0 Å². The van der Waals surface area contributed by atoms with Gasteiger partial charge in [0.2, 0.25) is 0 Å². The number of rotatable bonds is 3. The highest BCUT2D eigenvalue weighted by atomic mass is 79.9. The van der Waals surface area contributed by atoms with Gasteiger partial charge in [-0.05, 0) is 55.0 Å². The molecule has 3 heteroatoms. The number of allylic oxidation sites excluding steroid dienone is 1. The Morgan fingerprint density at radius 3 is 2.61 bits per heavy atom. The Labute approximate surface area is 115 Å². The molecule has 0 aliphatic heterocycles. The van der Waals surface area contributed by atoms with Gasteiger partial charge in [0, 0.05) is 21.9 Å². The van der Waals surface area contributed by atoms with Gasteiger partial charge in [0.15, 0.2) is 5.78 Å². The molecular formula is C15H12BrNO. The van der Waals surface area contributed by atoms with Crippen molar-refractivity contribution in [3.05, 3.63) is 70.0 Å². The topological polar surface area (TPSA) is 30.0 Å². The Bertz CT molecular complexity index is 588. The summed E-state index contributed by atoms with van der Waals surface area (Å²) in [4.78, 5) is 16.0. The highest BCUT2D eigenvalue weighted by Crippen LogP contribution is 2.12. The van der Waals surface area contributed by atoms with Gasteiger partial charge in [0.05, 0.1) is 0 Å². The SMILES string of the molecule is Cc1cc(C=CC(=O)c2ccc(Br)cc2)ccn1. The summed E-state index contributed by atoms with van der Waals surface area (Å²) in [7, 11) is 0. The van der Waals surface area contributed by atoms with Crippen LogP contribution in [0.5, 0.6) is 0 Å². The summed E-state index contributed by atoms with van der Waals surface area (Å²) in [6.45, 7) is 1.92. The molecule has 2 aromatic rings. The third-order valence-electron chi connectivity index (χ3n) is 2.48. The van der Waals surface area contributed by atoms with E-state index in [0.29, 0.717) is 5.56 Å². The van der Waals surface area contributed by atoms with E-state index in [1.807, 2.05) is 31.2 Å². The Kier molecular flexibility index (Phi) is 4.05. The van der Waals surface area contributed by atoms with Crippen LogP contribution in [-0.2, 0) is 0 Å². The summed E-state index contributed by atoms with van der Waals surface area (Å²) < 4.78 is 0.966. The van der Waals surface area contributed by atoms with Crippen LogP contribution >= 0.6 is 15.9 Å². The smallest absolute Gasteiger partial charge is 0.185 e. The first-order valence-electron chi connectivity index (χ1n) is 5.56. The third kappa shape index (κ3) is 3.37. The fourth-order valence-corrected chi connectivity index (χ4v) is 1.82. The van der Waals surface area contributed by atoms with E-state index in [0.717, 1.165) is 15.7 Å². The molecule has 0 fully saturated rings. The molecule has 0 aliphatic rings. The highest BCUT2D eigenvalue weighted by Gasteiger charge is 2.00. The molecule has 0 radical (unpaired) electrons. The molecular weight excluding hydrogens is 290 g/mol. The summed E-state index contributed by atoms with van der Waals surface area (Å²) >= 11 is 3.34.